The van der Waals surface area contributed by atoms with Crippen LogP contribution in [0, 0.1) is 0 Å². The molecule has 0 aliphatic carbocycles. The zero-order chi connectivity index (χ0) is 20.1. The fraction of sp³-hybridized carbons (Fsp3) is 0.190. The first kappa shape index (κ1) is 19.2. The van der Waals surface area contributed by atoms with E-state index in [2.05, 4.69) is 10.4 Å². The number of nitrogens with one attached hydrogen (secondary N) is 1. The van der Waals surface area contributed by atoms with Gasteiger partial charge in [0.25, 0.3) is 5.91 Å². The fourth-order valence-corrected chi connectivity index (χ4v) is 2.71. The standard InChI is InChI=1S/C21H22N4O3/c1-15(26)24(2)13-16-9-7-8-12-18(16)22-21(27)20-19(28-3)14-25(23-20)17-10-5-4-6-11-17/h4-12,14H,13H2,1-3H3,(H,22,27). The Balaban J connectivity index is 1.86. The van der Waals surface area contributed by atoms with E-state index in [0.29, 0.717) is 18.0 Å². The maximum Gasteiger partial charge on any atom is 0.280 e. The van der Waals surface area contributed by atoms with Crippen molar-refractivity contribution in [3.8, 4) is 11.4 Å². The highest BCUT2D eigenvalue weighted by atomic mass is 16.5. The number of methoxy groups -OCH3 is 1. The summed E-state index contributed by atoms with van der Waals surface area (Å²) in [5.74, 6) is -0.0615. The Labute approximate surface area is 163 Å². The first-order valence-corrected chi connectivity index (χ1v) is 8.79. The van der Waals surface area contributed by atoms with Gasteiger partial charge in [0.1, 0.15) is 0 Å². The molecule has 2 aromatic carbocycles. The first-order chi connectivity index (χ1) is 13.5. The fourth-order valence-electron chi connectivity index (χ4n) is 2.71. The van der Waals surface area contributed by atoms with Gasteiger partial charge >= 0.3 is 0 Å². The molecule has 1 aromatic heterocycles. The van der Waals surface area contributed by atoms with E-state index in [-0.39, 0.29) is 17.5 Å². The molecule has 0 radical (unpaired) electrons. The second-order valence-corrected chi connectivity index (χ2v) is 6.31. The number of anilines is 1. The molecule has 0 bridgehead atoms. The Bertz CT molecular complexity index is 982. The van der Waals surface area contributed by atoms with Crippen LogP contribution in [0.2, 0.25) is 0 Å². The van der Waals surface area contributed by atoms with E-state index in [1.165, 1.54) is 14.0 Å². The molecule has 0 aliphatic rings. The molecule has 7 heteroatoms. The smallest absolute Gasteiger partial charge is 0.280 e. The van der Waals surface area contributed by atoms with Gasteiger partial charge < -0.3 is 15.0 Å². The van der Waals surface area contributed by atoms with Gasteiger partial charge in [-0.3, -0.25) is 9.59 Å². The van der Waals surface area contributed by atoms with Crippen molar-refractivity contribution in [3.63, 3.8) is 0 Å². The van der Waals surface area contributed by atoms with Crippen molar-refractivity contribution in [2.45, 2.75) is 13.5 Å². The van der Waals surface area contributed by atoms with E-state index in [4.69, 9.17) is 4.74 Å². The number of hydrogen-bond donors (Lipinski definition) is 1. The van der Waals surface area contributed by atoms with Gasteiger partial charge in [0.05, 0.1) is 19.0 Å². The number of aromatic nitrogens is 2. The summed E-state index contributed by atoms with van der Waals surface area (Å²) < 4.78 is 6.94. The van der Waals surface area contributed by atoms with E-state index >= 15 is 0 Å². The first-order valence-electron chi connectivity index (χ1n) is 8.79. The van der Waals surface area contributed by atoms with Gasteiger partial charge in [0.15, 0.2) is 11.4 Å². The number of para-hydroxylation sites is 2. The minimum absolute atomic E-state index is 0.0515. The van der Waals surface area contributed by atoms with Gasteiger partial charge in [0, 0.05) is 26.2 Å². The highest BCUT2D eigenvalue weighted by Gasteiger charge is 2.20. The van der Waals surface area contributed by atoms with Gasteiger partial charge in [-0.05, 0) is 23.8 Å². The molecule has 1 N–H and O–H groups in total. The second kappa shape index (κ2) is 8.39. The van der Waals surface area contributed by atoms with E-state index in [0.717, 1.165) is 11.3 Å². The molecule has 0 spiro atoms. The third kappa shape index (κ3) is 4.20. The zero-order valence-corrected chi connectivity index (χ0v) is 16.0. The lowest BCUT2D eigenvalue weighted by atomic mass is 10.1. The normalized spacial score (nSPS) is 10.4. The monoisotopic (exact) mass is 378 g/mol. The minimum Gasteiger partial charge on any atom is -0.493 e. The summed E-state index contributed by atoms with van der Waals surface area (Å²) in [6.07, 6.45) is 1.67. The molecule has 0 fully saturated rings. The summed E-state index contributed by atoms with van der Waals surface area (Å²) in [5, 5.41) is 7.26. The molecule has 1 heterocycles. The van der Waals surface area contributed by atoms with Gasteiger partial charge in [-0.1, -0.05) is 36.4 Å². The summed E-state index contributed by atoms with van der Waals surface area (Å²) in [6, 6.07) is 16.8. The number of amides is 2. The van der Waals surface area contributed by atoms with Crippen molar-refractivity contribution in [2.75, 3.05) is 19.5 Å². The highest BCUT2D eigenvalue weighted by Crippen LogP contribution is 2.23. The number of ether oxygens (including phenoxy) is 1. The van der Waals surface area contributed by atoms with Crippen molar-refractivity contribution >= 4 is 17.5 Å². The van der Waals surface area contributed by atoms with Crippen LogP contribution >= 0.6 is 0 Å². The molecule has 2 amide bonds. The summed E-state index contributed by atoms with van der Waals surface area (Å²) in [4.78, 5) is 26.0. The quantitative estimate of drug-likeness (QED) is 0.715. The number of benzene rings is 2. The zero-order valence-electron chi connectivity index (χ0n) is 16.0. The van der Waals surface area contributed by atoms with Crippen LogP contribution in [0.3, 0.4) is 0 Å². The molecule has 0 atom stereocenters. The van der Waals surface area contributed by atoms with Crippen molar-refractivity contribution < 1.29 is 14.3 Å². The van der Waals surface area contributed by atoms with Crippen LogP contribution < -0.4 is 10.1 Å². The molecular formula is C21H22N4O3. The average Bonchev–Trinajstić information content (AvgIpc) is 3.14. The third-order valence-electron chi connectivity index (χ3n) is 4.35. The Morgan fingerprint density at radius 3 is 2.46 bits per heavy atom. The van der Waals surface area contributed by atoms with Crippen LogP contribution in [-0.4, -0.2) is 40.7 Å². The summed E-state index contributed by atoms with van der Waals surface area (Å²) >= 11 is 0. The van der Waals surface area contributed by atoms with E-state index < -0.39 is 0 Å². The van der Waals surface area contributed by atoms with Gasteiger partial charge in [-0.25, -0.2) is 4.68 Å². The van der Waals surface area contributed by atoms with E-state index in [9.17, 15) is 9.59 Å². The molecule has 28 heavy (non-hydrogen) atoms. The van der Waals surface area contributed by atoms with Crippen molar-refractivity contribution in [1.29, 1.82) is 0 Å². The number of hydrogen-bond acceptors (Lipinski definition) is 4. The van der Waals surface area contributed by atoms with Crippen molar-refractivity contribution in [3.05, 3.63) is 72.1 Å². The molecule has 0 saturated heterocycles. The lowest BCUT2D eigenvalue weighted by molar-refractivity contribution is -0.128. The van der Waals surface area contributed by atoms with Crippen LogP contribution in [-0.2, 0) is 11.3 Å². The Morgan fingerprint density at radius 2 is 1.79 bits per heavy atom. The number of nitrogens with zero attached hydrogens (tertiary/aromatic N) is 3. The summed E-state index contributed by atoms with van der Waals surface area (Å²) in [5.41, 5.74) is 2.45. The van der Waals surface area contributed by atoms with Gasteiger partial charge in [-0.2, -0.15) is 5.10 Å². The van der Waals surface area contributed by atoms with Crippen LogP contribution in [0.15, 0.2) is 60.8 Å². The summed E-state index contributed by atoms with van der Waals surface area (Å²) in [7, 11) is 3.21. The SMILES string of the molecule is COc1cn(-c2ccccc2)nc1C(=O)Nc1ccccc1CN(C)C(C)=O. The number of rotatable bonds is 6. The molecule has 3 aromatic rings. The molecule has 0 saturated carbocycles. The van der Waals surface area contributed by atoms with Crippen LogP contribution in [0.25, 0.3) is 5.69 Å². The average molecular weight is 378 g/mol. The van der Waals surface area contributed by atoms with E-state index in [1.807, 2.05) is 48.5 Å². The topological polar surface area (TPSA) is 76.5 Å². The van der Waals surface area contributed by atoms with Gasteiger partial charge in [0.2, 0.25) is 5.91 Å². The maximum atomic E-state index is 12.9. The largest absolute Gasteiger partial charge is 0.493 e. The summed E-state index contributed by atoms with van der Waals surface area (Å²) in [6.45, 7) is 1.89. The third-order valence-corrected chi connectivity index (χ3v) is 4.35. The second-order valence-electron chi connectivity index (χ2n) is 6.31. The van der Waals surface area contributed by atoms with Crippen LogP contribution in [0.1, 0.15) is 23.0 Å². The highest BCUT2D eigenvalue weighted by molar-refractivity contribution is 6.05. The molecule has 144 valence electrons. The van der Waals surface area contributed by atoms with Crippen molar-refractivity contribution in [1.82, 2.24) is 14.7 Å². The maximum absolute atomic E-state index is 12.9. The van der Waals surface area contributed by atoms with Crippen LogP contribution in [0.5, 0.6) is 5.75 Å². The predicted molar refractivity (Wildman–Crippen MR) is 107 cm³/mol. The molecular weight excluding hydrogens is 356 g/mol. The molecule has 7 nitrogen and oxygen atoms in total. The number of carbonyl (C=O) groups excluding carboxylic acids is 2. The predicted octanol–water partition coefficient (Wildman–Crippen LogP) is 3.11. The molecule has 0 unspecified atom stereocenters. The van der Waals surface area contributed by atoms with Crippen molar-refractivity contribution in [2.24, 2.45) is 0 Å². The number of carbonyl (C=O) groups is 2. The lowest BCUT2D eigenvalue weighted by Crippen LogP contribution is -2.24. The van der Waals surface area contributed by atoms with Gasteiger partial charge in [-0.15, -0.1) is 0 Å². The van der Waals surface area contributed by atoms with Crippen LogP contribution in [0.4, 0.5) is 5.69 Å². The Morgan fingerprint density at radius 1 is 1.11 bits per heavy atom. The Kier molecular flexibility index (Phi) is 5.74. The minimum atomic E-state index is -0.385. The van der Waals surface area contributed by atoms with E-state index in [1.54, 1.807) is 28.9 Å². The lowest BCUT2D eigenvalue weighted by Gasteiger charge is -2.17. The molecule has 0 aliphatic heterocycles. The molecule has 3 rings (SSSR count). The Hall–Kier alpha value is -3.61.